The fourth-order valence-electron chi connectivity index (χ4n) is 3.12. The highest BCUT2D eigenvalue weighted by atomic mass is 32.1. The van der Waals surface area contributed by atoms with Gasteiger partial charge in [0.1, 0.15) is 0 Å². The van der Waals surface area contributed by atoms with Gasteiger partial charge >= 0.3 is 0 Å². The van der Waals surface area contributed by atoms with E-state index in [1.807, 2.05) is 30.5 Å². The zero-order valence-electron chi connectivity index (χ0n) is 16.7. The normalized spacial score (nSPS) is 10.9. The second-order valence-electron chi connectivity index (χ2n) is 6.45. The Morgan fingerprint density at radius 2 is 1.76 bits per heavy atom. The van der Waals surface area contributed by atoms with Crippen LogP contribution in [0.5, 0.6) is 17.2 Å². The van der Waals surface area contributed by atoms with Crippen LogP contribution in [0, 0.1) is 6.92 Å². The SMILES string of the molecule is COc1cc(-c2cn3nc(NCc4ccccc4C)sc3n2)cc(OC)c1OC. The fraction of sp³-hybridized carbons (Fsp3) is 0.238. The van der Waals surface area contributed by atoms with Crippen molar-refractivity contribution < 1.29 is 14.2 Å². The molecule has 0 spiro atoms. The molecule has 0 atom stereocenters. The van der Waals surface area contributed by atoms with Crippen LogP contribution in [-0.4, -0.2) is 35.9 Å². The third-order valence-electron chi connectivity index (χ3n) is 4.69. The van der Waals surface area contributed by atoms with Crippen molar-refractivity contribution in [3.63, 3.8) is 0 Å². The highest BCUT2D eigenvalue weighted by Crippen LogP contribution is 2.41. The Hall–Kier alpha value is -3.26. The maximum Gasteiger partial charge on any atom is 0.214 e. The maximum atomic E-state index is 5.44. The van der Waals surface area contributed by atoms with E-state index >= 15 is 0 Å². The molecule has 2 aromatic carbocycles. The van der Waals surface area contributed by atoms with Gasteiger partial charge in [-0.15, -0.1) is 5.10 Å². The number of imidazole rings is 1. The van der Waals surface area contributed by atoms with Gasteiger partial charge in [-0.25, -0.2) is 9.50 Å². The molecular formula is C21H22N4O3S. The summed E-state index contributed by atoms with van der Waals surface area (Å²) in [5.74, 6) is 1.74. The molecule has 4 rings (SSSR count). The first kappa shape index (κ1) is 19.1. The predicted molar refractivity (Wildman–Crippen MR) is 114 cm³/mol. The van der Waals surface area contributed by atoms with Gasteiger partial charge in [0.15, 0.2) is 11.5 Å². The summed E-state index contributed by atoms with van der Waals surface area (Å²) in [5.41, 5.74) is 4.16. The highest BCUT2D eigenvalue weighted by molar-refractivity contribution is 7.20. The van der Waals surface area contributed by atoms with Gasteiger partial charge in [-0.3, -0.25) is 0 Å². The molecule has 150 valence electrons. The van der Waals surface area contributed by atoms with Crippen molar-refractivity contribution >= 4 is 21.4 Å². The first-order valence-corrected chi connectivity index (χ1v) is 9.89. The van der Waals surface area contributed by atoms with Crippen LogP contribution in [0.3, 0.4) is 0 Å². The van der Waals surface area contributed by atoms with Crippen LogP contribution in [-0.2, 0) is 6.54 Å². The quantitative estimate of drug-likeness (QED) is 0.487. The predicted octanol–water partition coefficient (Wildman–Crippen LogP) is 4.40. The van der Waals surface area contributed by atoms with Crippen LogP contribution >= 0.6 is 11.3 Å². The van der Waals surface area contributed by atoms with E-state index in [4.69, 9.17) is 19.2 Å². The van der Waals surface area contributed by atoms with Crippen molar-refractivity contribution in [1.82, 2.24) is 14.6 Å². The first-order chi connectivity index (χ1) is 14.1. The smallest absolute Gasteiger partial charge is 0.214 e. The number of nitrogens with zero attached hydrogens (tertiary/aromatic N) is 3. The Balaban J connectivity index is 1.59. The molecule has 0 aliphatic carbocycles. The number of ether oxygens (including phenoxy) is 3. The molecule has 8 heteroatoms. The molecule has 0 unspecified atom stereocenters. The third-order valence-corrected chi connectivity index (χ3v) is 5.58. The largest absolute Gasteiger partial charge is 0.493 e. The molecule has 7 nitrogen and oxygen atoms in total. The summed E-state index contributed by atoms with van der Waals surface area (Å²) in [7, 11) is 4.78. The number of anilines is 1. The number of benzene rings is 2. The Kier molecular flexibility index (Phi) is 5.26. The van der Waals surface area contributed by atoms with Gasteiger partial charge in [0.2, 0.25) is 15.8 Å². The van der Waals surface area contributed by atoms with Gasteiger partial charge in [0.25, 0.3) is 0 Å². The lowest BCUT2D eigenvalue weighted by Gasteiger charge is -2.13. The molecule has 29 heavy (non-hydrogen) atoms. The van der Waals surface area contributed by atoms with E-state index in [-0.39, 0.29) is 0 Å². The van der Waals surface area contributed by atoms with Gasteiger partial charge in [0, 0.05) is 12.1 Å². The van der Waals surface area contributed by atoms with E-state index in [9.17, 15) is 0 Å². The second kappa shape index (κ2) is 8.00. The highest BCUT2D eigenvalue weighted by Gasteiger charge is 2.17. The topological polar surface area (TPSA) is 69.9 Å². The maximum absolute atomic E-state index is 5.44. The van der Waals surface area contributed by atoms with E-state index in [1.165, 1.54) is 22.5 Å². The molecule has 1 N–H and O–H groups in total. The van der Waals surface area contributed by atoms with Crippen molar-refractivity contribution in [2.45, 2.75) is 13.5 Å². The number of rotatable bonds is 7. The molecule has 0 fully saturated rings. The van der Waals surface area contributed by atoms with Crippen molar-refractivity contribution in [2.24, 2.45) is 0 Å². The number of aromatic nitrogens is 3. The first-order valence-electron chi connectivity index (χ1n) is 9.08. The van der Waals surface area contributed by atoms with Crippen LogP contribution in [0.4, 0.5) is 5.13 Å². The van der Waals surface area contributed by atoms with Crippen molar-refractivity contribution in [3.05, 3.63) is 53.7 Å². The van der Waals surface area contributed by atoms with E-state index in [0.29, 0.717) is 17.2 Å². The summed E-state index contributed by atoms with van der Waals surface area (Å²) in [5, 5.41) is 8.80. The molecule has 0 saturated carbocycles. The molecule has 0 bridgehead atoms. The summed E-state index contributed by atoms with van der Waals surface area (Å²) in [4.78, 5) is 5.52. The minimum Gasteiger partial charge on any atom is -0.493 e. The fourth-order valence-corrected chi connectivity index (χ4v) is 3.90. The number of methoxy groups -OCH3 is 3. The van der Waals surface area contributed by atoms with Crippen LogP contribution in [0.2, 0.25) is 0 Å². The van der Waals surface area contributed by atoms with Crippen LogP contribution < -0.4 is 19.5 Å². The lowest BCUT2D eigenvalue weighted by molar-refractivity contribution is 0.324. The van der Waals surface area contributed by atoms with Gasteiger partial charge < -0.3 is 19.5 Å². The molecule has 0 radical (unpaired) electrons. The second-order valence-corrected chi connectivity index (χ2v) is 7.41. The molecule has 0 aliphatic rings. The van der Waals surface area contributed by atoms with E-state index < -0.39 is 0 Å². The van der Waals surface area contributed by atoms with Crippen LogP contribution in [0.25, 0.3) is 16.2 Å². The summed E-state index contributed by atoms with van der Waals surface area (Å²) in [6, 6.07) is 12.1. The zero-order valence-corrected chi connectivity index (χ0v) is 17.5. The van der Waals surface area contributed by atoms with Crippen molar-refractivity contribution in [2.75, 3.05) is 26.6 Å². The van der Waals surface area contributed by atoms with Gasteiger partial charge in [0.05, 0.1) is 33.2 Å². The average Bonchev–Trinajstić information content (AvgIpc) is 3.31. The average molecular weight is 410 g/mol. The van der Waals surface area contributed by atoms with Gasteiger partial charge in [-0.1, -0.05) is 35.6 Å². The van der Waals surface area contributed by atoms with Crippen LogP contribution in [0.1, 0.15) is 11.1 Å². The zero-order chi connectivity index (χ0) is 20.4. The minimum atomic E-state index is 0.556. The van der Waals surface area contributed by atoms with Gasteiger partial charge in [-0.2, -0.15) is 0 Å². The molecule has 2 aromatic heterocycles. The number of nitrogens with one attached hydrogen (secondary N) is 1. The number of hydrogen-bond donors (Lipinski definition) is 1. The standard InChI is InChI=1S/C21H22N4O3S/c1-13-7-5-6-8-14(13)11-22-20-24-25-12-16(23-21(25)29-20)15-9-17(26-2)19(28-4)18(10-15)27-3/h5-10,12H,11H2,1-4H3,(H,22,24). The van der Waals surface area contributed by atoms with Gasteiger partial charge in [-0.05, 0) is 30.2 Å². The Morgan fingerprint density at radius 1 is 1.03 bits per heavy atom. The van der Waals surface area contributed by atoms with Crippen molar-refractivity contribution in [1.29, 1.82) is 0 Å². The Labute approximate surface area is 172 Å². The Morgan fingerprint density at radius 3 is 2.38 bits per heavy atom. The summed E-state index contributed by atoms with van der Waals surface area (Å²) >= 11 is 1.51. The number of hydrogen-bond acceptors (Lipinski definition) is 7. The molecule has 2 heterocycles. The molecule has 0 aliphatic heterocycles. The van der Waals surface area contributed by atoms with E-state index in [1.54, 1.807) is 25.8 Å². The molecule has 4 aromatic rings. The molecule has 0 amide bonds. The molecular weight excluding hydrogens is 388 g/mol. The lowest BCUT2D eigenvalue weighted by Crippen LogP contribution is -2.01. The van der Waals surface area contributed by atoms with Crippen LogP contribution in [0.15, 0.2) is 42.6 Å². The van der Waals surface area contributed by atoms with E-state index in [0.717, 1.165) is 27.9 Å². The summed E-state index contributed by atoms with van der Waals surface area (Å²) in [6.45, 7) is 2.83. The minimum absolute atomic E-state index is 0.556. The number of fused-ring (bicyclic) bond motifs is 1. The number of aryl methyl sites for hydroxylation is 1. The van der Waals surface area contributed by atoms with Crippen molar-refractivity contribution in [3.8, 4) is 28.5 Å². The lowest BCUT2D eigenvalue weighted by atomic mass is 10.1. The van der Waals surface area contributed by atoms with E-state index in [2.05, 4.69) is 29.5 Å². The summed E-state index contributed by atoms with van der Waals surface area (Å²) in [6.07, 6.45) is 1.89. The Bertz CT molecular complexity index is 1100. The molecule has 0 saturated heterocycles. The summed E-state index contributed by atoms with van der Waals surface area (Å²) < 4.78 is 18.0. The monoisotopic (exact) mass is 410 g/mol. The third kappa shape index (κ3) is 3.71.